The molecule has 23 heavy (non-hydrogen) atoms. The minimum atomic E-state index is -0.255. The normalized spacial score (nSPS) is 13.3. The second kappa shape index (κ2) is 6.65. The molecule has 0 atom stereocenters. The maximum atomic E-state index is 12.9. The third kappa shape index (κ3) is 3.59. The van der Waals surface area contributed by atoms with Crippen LogP contribution in [-0.4, -0.2) is 17.4 Å². The molecule has 0 radical (unpaired) electrons. The molecule has 2 aromatic rings. The van der Waals surface area contributed by atoms with Gasteiger partial charge in [0.2, 0.25) is 5.91 Å². The predicted molar refractivity (Wildman–Crippen MR) is 86.5 cm³/mol. The first-order valence-corrected chi connectivity index (χ1v) is 7.56. The number of benzene rings is 2. The standard InChI is InChI=1S/C19H18FNO2/c1-2-19(22)21-10-9-15-5-8-18(11-16(15)12-21)23-13-14-3-6-17(20)7-4-14/h2-8,11H,1,9-10,12-13H2. The maximum Gasteiger partial charge on any atom is 0.246 e. The molecule has 1 heterocycles. The van der Waals surface area contributed by atoms with Crippen LogP contribution in [0.3, 0.4) is 0 Å². The molecule has 2 aromatic carbocycles. The van der Waals surface area contributed by atoms with Crippen molar-refractivity contribution in [1.82, 2.24) is 4.90 Å². The van der Waals surface area contributed by atoms with E-state index in [0.717, 1.165) is 23.3 Å². The number of hydrogen-bond donors (Lipinski definition) is 0. The van der Waals surface area contributed by atoms with Gasteiger partial charge in [-0.2, -0.15) is 0 Å². The summed E-state index contributed by atoms with van der Waals surface area (Å²) in [6.45, 7) is 5.21. The van der Waals surface area contributed by atoms with Crippen LogP contribution in [0.5, 0.6) is 5.75 Å². The molecule has 1 aliphatic heterocycles. The van der Waals surface area contributed by atoms with Gasteiger partial charge in [-0.05, 0) is 53.5 Å². The highest BCUT2D eigenvalue weighted by Crippen LogP contribution is 2.24. The number of halogens is 1. The van der Waals surface area contributed by atoms with E-state index in [9.17, 15) is 9.18 Å². The fraction of sp³-hybridized carbons (Fsp3) is 0.211. The van der Waals surface area contributed by atoms with Crippen LogP contribution >= 0.6 is 0 Å². The number of amides is 1. The summed E-state index contributed by atoms with van der Waals surface area (Å²) >= 11 is 0. The largest absolute Gasteiger partial charge is 0.489 e. The highest BCUT2D eigenvalue weighted by molar-refractivity contribution is 5.87. The minimum Gasteiger partial charge on any atom is -0.489 e. The minimum absolute atomic E-state index is 0.0479. The van der Waals surface area contributed by atoms with E-state index in [1.54, 1.807) is 17.0 Å². The fourth-order valence-corrected chi connectivity index (χ4v) is 2.69. The second-order valence-corrected chi connectivity index (χ2v) is 5.56. The highest BCUT2D eigenvalue weighted by atomic mass is 19.1. The Morgan fingerprint density at radius 3 is 2.74 bits per heavy atom. The van der Waals surface area contributed by atoms with Gasteiger partial charge in [0.25, 0.3) is 0 Å². The van der Waals surface area contributed by atoms with E-state index in [1.165, 1.54) is 23.8 Å². The zero-order chi connectivity index (χ0) is 16.2. The van der Waals surface area contributed by atoms with E-state index in [4.69, 9.17) is 4.74 Å². The summed E-state index contributed by atoms with van der Waals surface area (Å²) in [6, 6.07) is 12.2. The van der Waals surface area contributed by atoms with Gasteiger partial charge < -0.3 is 9.64 Å². The molecule has 4 heteroatoms. The van der Waals surface area contributed by atoms with Crippen LogP contribution in [0.15, 0.2) is 55.1 Å². The molecule has 1 amide bonds. The van der Waals surface area contributed by atoms with Crippen molar-refractivity contribution in [1.29, 1.82) is 0 Å². The molecule has 1 aliphatic rings. The fourth-order valence-electron chi connectivity index (χ4n) is 2.69. The first kappa shape index (κ1) is 15.3. The van der Waals surface area contributed by atoms with Gasteiger partial charge in [0.15, 0.2) is 0 Å². The average molecular weight is 311 g/mol. The van der Waals surface area contributed by atoms with Crippen molar-refractivity contribution in [2.45, 2.75) is 19.6 Å². The Kier molecular flexibility index (Phi) is 4.42. The van der Waals surface area contributed by atoms with Gasteiger partial charge in [-0.3, -0.25) is 4.79 Å². The summed E-state index contributed by atoms with van der Waals surface area (Å²) in [6.07, 6.45) is 2.19. The molecule has 3 nitrogen and oxygen atoms in total. The summed E-state index contributed by atoms with van der Waals surface area (Å²) in [5, 5.41) is 0. The van der Waals surface area contributed by atoms with Gasteiger partial charge >= 0.3 is 0 Å². The molecule has 3 rings (SSSR count). The van der Waals surface area contributed by atoms with Gasteiger partial charge in [0.1, 0.15) is 18.2 Å². The van der Waals surface area contributed by atoms with E-state index >= 15 is 0 Å². The summed E-state index contributed by atoms with van der Waals surface area (Å²) in [4.78, 5) is 13.5. The van der Waals surface area contributed by atoms with Crippen LogP contribution in [-0.2, 0) is 24.4 Å². The van der Waals surface area contributed by atoms with Crippen LogP contribution in [0.1, 0.15) is 16.7 Å². The van der Waals surface area contributed by atoms with Gasteiger partial charge in [-0.1, -0.05) is 24.8 Å². The lowest BCUT2D eigenvalue weighted by molar-refractivity contribution is -0.126. The second-order valence-electron chi connectivity index (χ2n) is 5.56. The molecule has 0 fully saturated rings. The predicted octanol–water partition coefficient (Wildman–Crippen LogP) is 3.48. The molecule has 0 saturated heterocycles. The van der Waals surface area contributed by atoms with Gasteiger partial charge in [0, 0.05) is 13.1 Å². The van der Waals surface area contributed by atoms with Crippen LogP contribution in [0.4, 0.5) is 4.39 Å². The Bertz CT molecular complexity index is 725. The molecule has 0 spiro atoms. The number of carbonyl (C=O) groups excluding carboxylic acids is 1. The van der Waals surface area contributed by atoms with Crippen LogP contribution in [0.25, 0.3) is 0 Å². The summed E-state index contributed by atoms with van der Waals surface area (Å²) < 4.78 is 18.7. The zero-order valence-corrected chi connectivity index (χ0v) is 12.8. The number of nitrogens with zero attached hydrogens (tertiary/aromatic N) is 1. The number of fused-ring (bicyclic) bond motifs is 1. The van der Waals surface area contributed by atoms with Gasteiger partial charge in [0.05, 0.1) is 0 Å². The van der Waals surface area contributed by atoms with Crippen LogP contribution in [0, 0.1) is 5.82 Å². The molecular formula is C19H18FNO2. The number of hydrogen-bond acceptors (Lipinski definition) is 2. The van der Waals surface area contributed by atoms with Crippen LogP contribution in [0.2, 0.25) is 0 Å². The summed E-state index contributed by atoms with van der Waals surface area (Å²) in [5.74, 6) is 0.448. The molecule has 118 valence electrons. The number of ether oxygens (including phenoxy) is 1. The van der Waals surface area contributed by atoms with Gasteiger partial charge in [-0.15, -0.1) is 0 Å². The Hall–Kier alpha value is -2.62. The topological polar surface area (TPSA) is 29.5 Å². The van der Waals surface area contributed by atoms with Gasteiger partial charge in [-0.25, -0.2) is 4.39 Å². The number of carbonyl (C=O) groups is 1. The van der Waals surface area contributed by atoms with E-state index in [-0.39, 0.29) is 11.7 Å². The Morgan fingerprint density at radius 2 is 2.00 bits per heavy atom. The first-order chi connectivity index (χ1) is 11.2. The van der Waals surface area contributed by atoms with Crippen molar-refractivity contribution >= 4 is 5.91 Å². The van der Waals surface area contributed by atoms with Crippen molar-refractivity contribution in [3.63, 3.8) is 0 Å². The van der Waals surface area contributed by atoms with Crippen molar-refractivity contribution < 1.29 is 13.9 Å². The van der Waals surface area contributed by atoms with Crippen LogP contribution < -0.4 is 4.74 Å². The van der Waals surface area contributed by atoms with E-state index in [2.05, 4.69) is 6.58 Å². The Morgan fingerprint density at radius 1 is 1.22 bits per heavy atom. The van der Waals surface area contributed by atoms with Crippen molar-refractivity contribution in [3.8, 4) is 5.75 Å². The summed E-state index contributed by atoms with van der Waals surface area (Å²) in [5.41, 5.74) is 3.25. The first-order valence-electron chi connectivity index (χ1n) is 7.56. The SMILES string of the molecule is C=CC(=O)N1CCc2ccc(OCc3ccc(F)cc3)cc2C1. The molecule has 0 aliphatic carbocycles. The third-order valence-electron chi connectivity index (χ3n) is 4.00. The van der Waals surface area contributed by atoms with E-state index in [1.807, 2.05) is 18.2 Å². The zero-order valence-electron chi connectivity index (χ0n) is 12.8. The maximum absolute atomic E-state index is 12.9. The molecule has 0 saturated carbocycles. The molecule has 0 N–H and O–H groups in total. The third-order valence-corrected chi connectivity index (χ3v) is 4.00. The number of rotatable bonds is 4. The van der Waals surface area contributed by atoms with E-state index in [0.29, 0.717) is 19.7 Å². The molecule has 0 unspecified atom stereocenters. The molecule has 0 bridgehead atoms. The lowest BCUT2D eigenvalue weighted by Crippen LogP contribution is -2.34. The monoisotopic (exact) mass is 311 g/mol. The molecule has 0 aromatic heterocycles. The van der Waals surface area contributed by atoms with Crippen molar-refractivity contribution in [3.05, 3.63) is 77.6 Å². The Balaban J connectivity index is 1.69. The smallest absolute Gasteiger partial charge is 0.246 e. The lowest BCUT2D eigenvalue weighted by atomic mass is 9.99. The lowest BCUT2D eigenvalue weighted by Gasteiger charge is -2.28. The summed E-state index contributed by atoms with van der Waals surface area (Å²) in [7, 11) is 0. The van der Waals surface area contributed by atoms with Crippen molar-refractivity contribution in [2.75, 3.05) is 6.54 Å². The highest BCUT2D eigenvalue weighted by Gasteiger charge is 2.19. The average Bonchev–Trinajstić information content (AvgIpc) is 2.60. The van der Waals surface area contributed by atoms with E-state index < -0.39 is 0 Å². The van der Waals surface area contributed by atoms with Crippen molar-refractivity contribution in [2.24, 2.45) is 0 Å². The quantitative estimate of drug-likeness (QED) is 0.809. The molecular weight excluding hydrogens is 293 g/mol. The Labute approximate surface area is 135 Å².